The van der Waals surface area contributed by atoms with Crippen LogP contribution in [0, 0.1) is 0 Å². The largest absolute Gasteiger partial charge is 0.421 e. The molecule has 0 radical (unpaired) electrons. The van der Waals surface area contributed by atoms with Gasteiger partial charge in [-0.2, -0.15) is 0 Å². The van der Waals surface area contributed by atoms with E-state index < -0.39 is 0 Å². The minimum atomic E-state index is 0.629. The van der Waals surface area contributed by atoms with Gasteiger partial charge in [-0.1, -0.05) is 18.2 Å². The van der Waals surface area contributed by atoms with E-state index in [2.05, 4.69) is 33.0 Å². The molecule has 4 nitrogen and oxygen atoms in total. The average molecular weight is 285 g/mol. The molecule has 1 aromatic carbocycles. The van der Waals surface area contributed by atoms with Crippen LogP contribution in [0.3, 0.4) is 0 Å². The van der Waals surface area contributed by atoms with E-state index in [0.29, 0.717) is 11.8 Å². The van der Waals surface area contributed by atoms with Gasteiger partial charge in [-0.05, 0) is 18.9 Å². The molecule has 0 aliphatic heterocycles. The van der Waals surface area contributed by atoms with E-state index >= 15 is 0 Å². The lowest BCUT2D eigenvalue weighted by molar-refractivity contribution is 0.494. The monoisotopic (exact) mass is 285 g/mol. The number of thiophene rings is 1. The Balaban J connectivity index is 1.54. The SMILES string of the molecule is c1ccc2c(-c3nnc(CCNC4CC4)o3)csc2c1. The Morgan fingerprint density at radius 3 is 3.05 bits per heavy atom. The van der Waals surface area contributed by atoms with Crippen LogP contribution in [0.5, 0.6) is 0 Å². The molecule has 4 rings (SSSR count). The van der Waals surface area contributed by atoms with Crippen LogP contribution in [-0.4, -0.2) is 22.8 Å². The Labute approximate surface area is 120 Å². The van der Waals surface area contributed by atoms with Crippen molar-refractivity contribution >= 4 is 21.4 Å². The van der Waals surface area contributed by atoms with Crippen molar-refractivity contribution in [3.63, 3.8) is 0 Å². The molecular weight excluding hydrogens is 270 g/mol. The molecule has 20 heavy (non-hydrogen) atoms. The van der Waals surface area contributed by atoms with Crippen molar-refractivity contribution in [3.8, 4) is 11.5 Å². The molecule has 1 N–H and O–H groups in total. The van der Waals surface area contributed by atoms with Crippen molar-refractivity contribution in [1.29, 1.82) is 0 Å². The molecule has 0 spiro atoms. The number of aromatic nitrogens is 2. The van der Waals surface area contributed by atoms with Gasteiger partial charge < -0.3 is 9.73 Å². The van der Waals surface area contributed by atoms with Crippen LogP contribution in [-0.2, 0) is 6.42 Å². The van der Waals surface area contributed by atoms with E-state index in [0.717, 1.165) is 24.6 Å². The maximum absolute atomic E-state index is 5.78. The predicted molar refractivity (Wildman–Crippen MR) is 79.8 cm³/mol. The average Bonchev–Trinajstić information content (AvgIpc) is 3.01. The van der Waals surface area contributed by atoms with Gasteiger partial charge in [-0.3, -0.25) is 0 Å². The topological polar surface area (TPSA) is 51.0 Å². The fourth-order valence-electron chi connectivity index (χ4n) is 2.28. The van der Waals surface area contributed by atoms with Crippen LogP contribution >= 0.6 is 11.3 Å². The van der Waals surface area contributed by atoms with E-state index in [-0.39, 0.29) is 0 Å². The molecule has 0 unspecified atom stereocenters. The molecule has 0 amide bonds. The molecule has 102 valence electrons. The molecule has 1 fully saturated rings. The van der Waals surface area contributed by atoms with E-state index in [4.69, 9.17) is 4.42 Å². The predicted octanol–water partition coefficient (Wildman–Crippen LogP) is 3.25. The number of hydrogen-bond acceptors (Lipinski definition) is 5. The summed E-state index contributed by atoms with van der Waals surface area (Å²) >= 11 is 1.71. The summed E-state index contributed by atoms with van der Waals surface area (Å²) in [6.45, 7) is 0.913. The van der Waals surface area contributed by atoms with Gasteiger partial charge in [0.1, 0.15) is 0 Å². The third-order valence-corrected chi connectivity index (χ3v) is 4.49. The lowest BCUT2D eigenvalue weighted by atomic mass is 10.2. The third-order valence-electron chi connectivity index (χ3n) is 3.53. The number of rotatable bonds is 5. The molecule has 0 saturated heterocycles. The molecular formula is C15H15N3OS. The quantitative estimate of drug-likeness (QED) is 0.782. The molecule has 2 aromatic heterocycles. The lowest BCUT2D eigenvalue weighted by Gasteiger charge is -1.97. The molecule has 2 heterocycles. The van der Waals surface area contributed by atoms with Gasteiger partial charge >= 0.3 is 0 Å². The number of fused-ring (bicyclic) bond motifs is 1. The summed E-state index contributed by atoms with van der Waals surface area (Å²) in [6, 6.07) is 9.01. The molecule has 5 heteroatoms. The van der Waals surface area contributed by atoms with Crippen LogP contribution in [0.1, 0.15) is 18.7 Å². The highest BCUT2D eigenvalue weighted by Gasteiger charge is 2.20. The Bertz CT molecular complexity index is 729. The standard InChI is InChI=1S/C15H15N3OS/c1-2-4-13-11(3-1)12(9-20-13)15-18-17-14(19-15)7-8-16-10-5-6-10/h1-4,9-10,16H,5-8H2. The van der Waals surface area contributed by atoms with Gasteiger partial charge in [0.2, 0.25) is 11.8 Å². The summed E-state index contributed by atoms with van der Waals surface area (Å²) < 4.78 is 7.03. The Hall–Kier alpha value is -1.72. The number of nitrogens with zero attached hydrogens (tertiary/aromatic N) is 2. The van der Waals surface area contributed by atoms with Crippen molar-refractivity contribution in [1.82, 2.24) is 15.5 Å². The smallest absolute Gasteiger partial charge is 0.249 e. The van der Waals surface area contributed by atoms with E-state index in [1.165, 1.54) is 22.9 Å². The van der Waals surface area contributed by atoms with Crippen molar-refractivity contribution in [2.75, 3.05) is 6.54 Å². The number of hydrogen-bond donors (Lipinski definition) is 1. The lowest BCUT2D eigenvalue weighted by Crippen LogP contribution is -2.19. The minimum Gasteiger partial charge on any atom is -0.421 e. The molecule has 1 aliphatic carbocycles. The van der Waals surface area contributed by atoms with E-state index in [1.54, 1.807) is 11.3 Å². The second kappa shape index (κ2) is 5.00. The van der Waals surface area contributed by atoms with Gasteiger partial charge in [0.25, 0.3) is 0 Å². The second-order valence-electron chi connectivity index (χ2n) is 5.12. The third kappa shape index (κ3) is 2.34. The summed E-state index contributed by atoms with van der Waals surface area (Å²) in [4.78, 5) is 0. The first-order valence-electron chi connectivity index (χ1n) is 6.92. The van der Waals surface area contributed by atoms with E-state index in [9.17, 15) is 0 Å². The zero-order valence-electron chi connectivity index (χ0n) is 11.0. The summed E-state index contributed by atoms with van der Waals surface area (Å²) in [7, 11) is 0. The van der Waals surface area contributed by atoms with Gasteiger partial charge in [0.15, 0.2) is 0 Å². The first-order valence-corrected chi connectivity index (χ1v) is 7.80. The van der Waals surface area contributed by atoms with Gasteiger partial charge in [-0.25, -0.2) is 0 Å². The molecule has 1 aliphatic rings. The Morgan fingerprint density at radius 1 is 1.25 bits per heavy atom. The maximum atomic E-state index is 5.78. The van der Waals surface area contributed by atoms with Crippen LogP contribution in [0.25, 0.3) is 21.5 Å². The highest BCUT2D eigenvalue weighted by atomic mass is 32.1. The highest BCUT2D eigenvalue weighted by Crippen LogP contribution is 2.32. The number of nitrogens with one attached hydrogen (secondary N) is 1. The Kier molecular flexibility index (Phi) is 3.01. The summed E-state index contributed by atoms with van der Waals surface area (Å²) in [5.41, 5.74) is 1.04. The van der Waals surface area contributed by atoms with Crippen LogP contribution in [0.4, 0.5) is 0 Å². The van der Waals surface area contributed by atoms with E-state index in [1.807, 2.05) is 12.1 Å². The normalized spacial score (nSPS) is 15.0. The van der Waals surface area contributed by atoms with Crippen molar-refractivity contribution in [2.24, 2.45) is 0 Å². The summed E-state index contributed by atoms with van der Waals surface area (Å²) in [6.07, 6.45) is 3.40. The summed E-state index contributed by atoms with van der Waals surface area (Å²) in [5.74, 6) is 1.34. The fourth-order valence-corrected chi connectivity index (χ4v) is 3.21. The summed E-state index contributed by atoms with van der Waals surface area (Å²) in [5, 5.41) is 15.1. The molecule has 0 bridgehead atoms. The van der Waals surface area contributed by atoms with Crippen molar-refractivity contribution < 1.29 is 4.42 Å². The first kappa shape index (κ1) is 12.1. The second-order valence-corrected chi connectivity index (χ2v) is 6.04. The van der Waals surface area contributed by atoms with Gasteiger partial charge in [0.05, 0.1) is 5.56 Å². The molecule has 3 aromatic rings. The van der Waals surface area contributed by atoms with Crippen LogP contribution in [0.2, 0.25) is 0 Å². The molecule has 1 saturated carbocycles. The van der Waals surface area contributed by atoms with Crippen LogP contribution in [0.15, 0.2) is 34.1 Å². The Morgan fingerprint density at radius 2 is 2.15 bits per heavy atom. The zero-order valence-corrected chi connectivity index (χ0v) is 11.8. The van der Waals surface area contributed by atoms with Gasteiger partial charge in [0, 0.05) is 34.5 Å². The minimum absolute atomic E-state index is 0.629. The van der Waals surface area contributed by atoms with Crippen molar-refractivity contribution in [3.05, 3.63) is 35.5 Å². The van der Waals surface area contributed by atoms with Crippen LogP contribution < -0.4 is 5.32 Å². The zero-order chi connectivity index (χ0) is 13.4. The first-order chi connectivity index (χ1) is 9.90. The fraction of sp³-hybridized carbons (Fsp3) is 0.333. The molecule has 0 atom stereocenters. The maximum Gasteiger partial charge on any atom is 0.249 e. The number of benzene rings is 1. The van der Waals surface area contributed by atoms with Gasteiger partial charge in [-0.15, -0.1) is 21.5 Å². The highest BCUT2D eigenvalue weighted by molar-refractivity contribution is 7.17. The van der Waals surface area contributed by atoms with Crippen molar-refractivity contribution in [2.45, 2.75) is 25.3 Å².